The van der Waals surface area contributed by atoms with Gasteiger partial charge in [0.05, 0.1) is 6.33 Å². The zero-order valence-corrected chi connectivity index (χ0v) is 12.5. The Labute approximate surface area is 115 Å². The topological polar surface area (TPSA) is 136 Å². The van der Waals surface area contributed by atoms with Gasteiger partial charge >= 0.3 is 11.9 Å². The van der Waals surface area contributed by atoms with Crippen LogP contribution in [0, 0.1) is 0 Å². The van der Waals surface area contributed by atoms with Gasteiger partial charge in [0.2, 0.25) is 0 Å². The van der Waals surface area contributed by atoms with Crippen molar-refractivity contribution in [2.45, 2.75) is 18.6 Å². The average Bonchev–Trinajstić information content (AvgIpc) is 2.75. The van der Waals surface area contributed by atoms with Gasteiger partial charge in [-0.05, 0) is 0 Å². The molecule has 1 aromatic rings. The summed E-state index contributed by atoms with van der Waals surface area (Å²) in [7, 11) is 0. The number of imidazole rings is 1. The minimum Gasteiger partial charge on any atom is -0.480 e. The number of aromatic nitrogens is 2. The smallest absolute Gasteiger partial charge is 0.334 e. The Balaban J connectivity index is 0.00000289. The van der Waals surface area contributed by atoms with Crippen molar-refractivity contribution in [2.24, 2.45) is 0 Å². The number of aliphatic hydroxyl groups excluding tert-OH is 1. The zero-order chi connectivity index (χ0) is 12.8. The van der Waals surface area contributed by atoms with Crippen LogP contribution < -0.4 is 5.32 Å². The largest absolute Gasteiger partial charge is 0.480 e. The molecule has 9 heteroatoms. The maximum Gasteiger partial charge on any atom is 0.334 e. The van der Waals surface area contributed by atoms with Crippen molar-refractivity contribution in [3.8, 4) is 0 Å². The fraction of sp³-hybridized carbons (Fsp3) is 0.444. The maximum absolute atomic E-state index is 10.7. The van der Waals surface area contributed by atoms with Gasteiger partial charge in [-0.1, -0.05) is 0 Å². The molecule has 1 aromatic heterocycles. The Morgan fingerprint density at radius 1 is 1.39 bits per heavy atom. The molecule has 2 atom stereocenters. The van der Waals surface area contributed by atoms with Gasteiger partial charge in [-0.25, -0.2) is 9.78 Å². The average molecular weight is 309 g/mol. The summed E-state index contributed by atoms with van der Waals surface area (Å²) in [6.07, 6.45) is 1.53. The van der Waals surface area contributed by atoms with Crippen LogP contribution in [0.15, 0.2) is 12.5 Å². The second kappa shape index (κ2) is 7.91. The van der Waals surface area contributed by atoms with Crippen LogP contribution in [-0.2, 0) is 35.5 Å². The van der Waals surface area contributed by atoms with E-state index >= 15 is 0 Å². The summed E-state index contributed by atoms with van der Waals surface area (Å²) >= 11 is 0. The normalized spacial score (nSPS) is 13.4. The predicted molar refractivity (Wildman–Crippen MR) is 55.4 cm³/mol. The number of aliphatic carboxylic acids is 2. The first-order valence-electron chi connectivity index (χ1n) is 4.86. The summed E-state index contributed by atoms with van der Waals surface area (Å²) in [6, 6.07) is -1.53. The van der Waals surface area contributed by atoms with Gasteiger partial charge in [0, 0.05) is 44.3 Å². The van der Waals surface area contributed by atoms with E-state index < -0.39 is 24.1 Å². The van der Waals surface area contributed by atoms with Crippen molar-refractivity contribution in [2.75, 3.05) is 6.54 Å². The summed E-state index contributed by atoms with van der Waals surface area (Å²) in [5, 5.41) is 28.9. The van der Waals surface area contributed by atoms with Crippen LogP contribution >= 0.6 is 0 Å². The number of nitrogens with zero attached hydrogens (tertiary/aromatic N) is 1. The van der Waals surface area contributed by atoms with Gasteiger partial charge in [0.1, 0.15) is 6.04 Å². The van der Waals surface area contributed by atoms with Crippen molar-refractivity contribution in [3.05, 3.63) is 18.2 Å². The van der Waals surface area contributed by atoms with E-state index in [-0.39, 0.29) is 26.0 Å². The van der Waals surface area contributed by atoms with E-state index in [1.54, 1.807) is 6.20 Å². The van der Waals surface area contributed by atoms with E-state index in [4.69, 9.17) is 15.3 Å². The third kappa shape index (κ3) is 4.91. The van der Waals surface area contributed by atoms with Crippen LogP contribution in [0.1, 0.15) is 5.69 Å². The van der Waals surface area contributed by atoms with E-state index in [9.17, 15) is 9.59 Å². The molecule has 1 rings (SSSR count). The molecule has 2 unspecified atom stereocenters. The summed E-state index contributed by atoms with van der Waals surface area (Å²) < 4.78 is 0. The number of carboxylic acid groups (broad SMARTS) is 2. The molecule has 5 N–H and O–H groups in total. The van der Waals surface area contributed by atoms with Gasteiger partial charge in [-0.2, -0.15) is 0 Å². The molecule has 18 heavy (non-hydrogen) atoms. The number of H-pyrrole nitrogens is 1. The molecular formula is C9H13N3O5Zn. The number of hydrogen-bond acceptors (Lipinski definition) is 5. The third-order valence-electron chi connectivity index (χ3n) is 2.15. The maximum atomic E-state index is 10.7. The van der Waals surface area contributed by atoms with E-state index in [0.717, 1.165) is 5.69 Å². The molecule has 0 bridgehead atoms. The first-order valence-corrected chi connectivity index (χ1v) is 4.86. The Bertz CT molecular complexity index is 384. The van der Waals surface area contributed by atoms with Gasteiger partial charge in [-0.15, -0.1) is 0 Å². The minimum atomic E-state index is -1.98. The zero-order valence-electron chi connectivity index (χ0n) is 9.54. The molecule has 0 spiro atoms. The number of aromatic amines is 1. The van der Waals surface area contributed by atoms with Crippen LogP contribution in [0.3, 0.4) is 0 Å². The first-order chi connectivity index (χ1) is 8.02. The van der Waals surface area contributed by atoms with Crippen LogP contribution in [-0.4, -0.2) is 55.9 Å². The number of nitrogens with one attached hydrogen (secondary N) is 2. The molecule has 0 fully saturated rings. The number of aliphatic hydroxyl groups is 1. The molecule has 0 radical (unpaired) electrons. The molecule has 0 aliphatic heterocycles. The minimum absolute atomic E-state index is 0. The Morgan fingerprint density at radius 2 is 2.06 bits per heavy atom. The monoisotopic (exact) mass is 307 g/mol. The van der Waals surface area contributed by atoms with Crippen LogP contribution in [0.25, 0.3) is 0 Å². The fourth-order valence-electron chi connectivity index (χ4n) is 1.26. The van der Waals surface area contributed by atoms with Crippen molar-refractivity contribution < 1.29 is 44.4 Å². The molecule has 96 valence electrons. The van der Waals surface area contributed by atoms with Crippen LogP contribution in [0.4, 0.5) is 0 Å². The summed E-state index contributed by atoms with van der Waals surface area (Å²) in [5.74, 6) is -2.99. The quantitative estimate of drug-likeness (QED) is 0.384. The Morgan fingerprint density at radius 3 is 2.50 bits per heavy atom. The summed E-state index contributed by atoms with van der Waals surface area (Å²) in [6.45, 7) is 0.212. The molecule has 8 nitrogen and oxygen atoms in total. The first kappa shape index (κ1) is 16.7. The van der Waals surface area contributed by atoms with E-state index in [1.165, 1.54) is 6.33 Å². The summed E-state index contributed by atoms with van der Waals surface area (Å²) in [4.78, 5) is 27.8. The van der Waals surface area contributed by atoms with Crippen molar-refractivity contribution >= 4 is 11.9 Å². The van der Waals surface area contributed by atoms with Gasteiger partial charge in [0.15, 0.2) is 6.10 Å². The van der Waals surface area contributed by atoms with E-state index in [2.05, 4.69) is 15.3 Å². The fourth-order valence-corrected chi connectivity index (χ4v) is 1.26. The molecule has 0 saturated carbocycles. The molecule has 0 amide bonds. The number of carboxylic acids is 2. The molecule has 0 aromatic carbocycles. The van der Waals surface area contributed by atoms with Crippen LogP contribution in [0.5, 0.6) is 0 Å². The molecule has 1 heterocycles. The Hall–Kier alpha value is -1.31. The summed E-state index contributed by atoms with van der Waals surface area (Å²) in [5.41, 5.74) is 0.784. The molecular weight excluding hydrogens is 296 g/mol. The molecule has 0 saturated heterocycles. The second-order valence-corrected chi connectivity index (χ2v) is 3.38. The van der Waals surface area contributed by atoms with Crippen molar-refractivity contribution in [1.82, 2.24) is 15.3 Å². The number of hydrogen-bond donors (Lipinski definition) is 5. The van der Waals surface area contributed by atoms with Gasteiger partial charge in [0.25, 0.3) is 0 Å². The molecule has 0 aliphatic carbocycles. The Kier molecular flexibility index (Phi) is 7.34. The second-order valence-electron chi connectivity index (χ2n) is 3.38. The third-order valence-corrected chi connectivity index (χ3v) is 2.15. The van der Waals surface area contributed by atoms with E-state index in [0.29, 0.717) is 6.42 Å². The van der Waals surface area contributed by atoms with Crippen molar-refractivity contribution in [1.29, 1.82) is 0 Å². The number of rotatable bonds is 7. The van der Waals surface area contributed by atoms with Gasteiger partial charge < -0.3 is 25.6 Å². The standard InChI is InChI=1S/C9H13N3O5.Zn/c13-7(9(16)17)6(8(14)15)11-2-1-5-3-10-4-12-5;/h3-4,6-7,11,13H,1-2H2,(H,10,12)(H,14,15)(H,16,17);. The SMILES string of the molecule is O=C(O)C(O)C(NCCc1cnc[nH]1)C(=O)O.[Zn]. The predicted octanol–water partition coefficient (Wildman–Crippen LogP) is -1.56. The number of carbonyl (C=O) groups is 2. The van der Waals surface area contributed by atoms with Crippen LogP contribution in [0.2, 0.25) is 0 Å². The molecule has 0 aliphatic rings. The van der Waals surface area contributed by atoms with Gasteiger partial charge in [-0.3, -0.25) is 4.79 Å². The van der Waals surface area contributed by atoms with E-state index in [1.807, 2.05) is 0 Å². The van der Waals surface area contributed by atoms with Crippen molar-refractivity contribution in [3.63, 3.8) is 0 Å².